The summed E-state index contributed by atoms with van der Waals surface area (Å²) in [6.45, 7) is 3.34. The first-order chi connectivity index (χ1) is 15.6. The highest BCUT2D eigenvalue weighted by molar-refractivity contribution is 5.90. The highest BCUT2D eigenvalue weighted by Crippen LogP contribution is 2.31. The van der Waals surface area contributed by atoms with Gasteiger partial charge in [0.1, 0.15) is 5.75 Å². The van der Waals surface area contributed by atoms with Gasteiger partial charge in [-0.1, -0.05) is 22.9 Å². The molecule has 1 aromatic heterocycles. The van der Waals surface area contributed by atoms with Gasteiger partial charge < -0.3 is 29.0 Å². The minimum atomic E-state index is -0.189. The average molecular weight is 438 g/mol. The molecule has 1 aliphatic rings. The molecule has 32 heavy (non-hydrogen) atoms. The van der Waals surface area contributed by atoms with Crippen molar-refractivity contribution in [1.82, 2.24) is 15.0 Å². The lowest BCUT2D eigenvalue weighted by Crippen LogP contribution is -2.32. The number of carbonyl (C=O) groups excluding carboxylic acids is 1. The molecule has 1 saturated heterocycles. The van der Waals surface area contributed by atoms with Gasteiger partial charge in [-0.25, -0.2) is 4.79 Å². The van der Waals surface area contributed by atoms with Crippen LogP contribution in [0.25, 0.3) is 0 Å². The lowest BCUT2D eigenvalue weighted by atomic mass is 10.1. The zero-order valence-electron chi connectivity index (χ0n) is 18.3. The Morgan fingerprint density at radius 3 is 2.69 bits per heavy atom. The van der Waals surface area contributed by atoms with Gasteiger partial charge in [0.25, 0.3) is 5.89 Å². The number of anilines is 1. The molecule has 1 N–H and O–H groups in total. The van der Waals surface area contributed by atoms with Gasteiger partial charge in [-0.05, 0) is 37.6 Å². The predicted molar refractivity (Wildman–Crippen MR) is 117 cm³/mol. The smallest absolute Gasteiger partial charge is 0.321 e. The first kappa shape index (κ1) is 21.5. The van der Waals surface area contributed by atoms with E-state index >= 15 is 0 Å². The molecular formula is C23H26N4O5. The number of hydrogen-bond donors (Lipinski definition) is 1. The maximum atomic E-state index is 12.7. The number of urea groups is 1. The van der Waals surface area contributed by atoms with E-state index in [0.717, 1.165) is 12.2 Å². The topological polar surface area (TPSA) is 99.0 Å². The summed E-state index contributed by atoms with van der Waals surface area (Å²) >= 11 is 0. The Morgan fingerprint density at radius 2 is 1.94 bits per heavy atom. The molecule has 0 aliphatic carbocycles. The third kappa shape index (κ3) is 4.93. The van der Waals surface area contributed by atoms with Crippen molar-refractivity contribution in [3.05, 3.63) is 59.7 Å². The molecule has 2 amide bonds. The first-order valence-corrected chi connectivity index (χ1v) is 10.4. The Kier molecular flexibility index (Phi) is 6.44. The van der Waals surface area contributed by atoms with E-state index in [1.54, 1.807) is 37.3 Å². The molecule has 1 aliphatic heterocycles. The maximum Gasteiger partial charge on any atom is 0.321 e. The first-order valence-electron chi connectivity index (χ1n) is 10.4. The molecule has 0 spiro atoms. The summed E-state index contributed by atoms with van der Waals surface area (Å²) in [5.74, 6) is 2.92. The van der Waals surface area contributed by atoms with Crippen LogP contribution in [0, 0.1) is 6.92 Å². The number of benzene rings is 2. The molecular weight excluding hydrogens is 412 g/mol. The third-order valence-electron chi connectivity index (χ3n) is 5.34. The average Bonchev–Trinajstić information content (AvgIpc) is 3.48. The largest absolute Gasteiger partial charge is 0.493 e. The van der Waals surface area contributed by atoms with Crippen molar-refractivity contribution in [3.63, 3.8) is 0 Å². The van der Waals surface area contributed by atoms with Gasteiger partial charge in [0.05, 0.1) is 14.2 Å². The van der Waals surface area contributed by atoms with Crippen molar-refractivity contribution in [2.75, 3.05) is 32.6 Å². The van der Waals surface area contributed by atoms with E-state index in [9.17, 15) is 4.79 Å². The molecule has 168 valence electrons. The number of methoxy groups -OCH3 is 2. The number of carbonyl (C=O) groups is 1. The quantitative estimate of drug-likeness (QED) is 0.595. The van der Waals surface area contributed by atoms with E-state index in [-0.39, 0.29) is 18.6 Å². The van der Waals surface area contributed by atoms with Crippen LogP contribution in [-0.2, 0) is 6.61 Å². The van der Waals surface area contributed by atoms with Crippen molar-refractivity contribution in [2.45, 2.75) is 25.9 Å². The second-order valence-corrected chi connectivity index (χ2v) is 7.58. The molecule has 2 heterocycles. The fourth-order valence-corrected chi connectivity index (χ4v) is 3.54. The number of rotatable bonds is 7. The molecule has 1 atom stereocenters. The lowest BCUT2D eigenvalue weighted by molar-refractivity contribution is 0.221. The molecule has 4 rings (SSSR count). The van der Waals surface area contributed by atoms with Gasteiger partial charge in [0.2, 0.25) is 0 Å². The molecule has 3 aromatic rings. The molecule has 0 saturated carbocycles. The van der Waals surface area contributed by atoms with Crippen LogP contribution in [0.1, 0.15) is 29.6 Å². The molecule has 9 heteroatoms. The summed E-state index contributed by atoms with van der Waals surface area (Å²) in [7, 11) is 3.12. The minimum Gasteiger partial charge on any atom is -0.493 e. The number of aryl methyl sites for hydroxylation is 1. The van der Waals surface area contributed by atoms with E-state index in [0.29, 0.717) is 42.0 Å². The number of hydrogen-bond acceptors (Lipinski definition) is 7. The summed E-state index contributed by atoms with van der Waals surface area (Å²) in [6.07, 6.45) is 0.761. The summed E-state index contributed by atoms with van der Waals surface area (Å²) < 4.78 is 21.5. The number of amides is 2. The zero-order chi connectivity index (χ0) is 22.5. The highest BCUT2D eigenvalue weighted by Gasteiger charge is 2.30. The number of nitrogens with one attached hydrogen (secondary N) is 1. The Morgan fingerprint density at radius 1 is 1.16 bits per heavy atom. The SMILES string of the molecule is COc1ccc(NC(=O)N2CCC(c3noc(COc4ccc(C)cc4)n3)C2)cc1OC. The van der Waals surface area contributed by atoms with Crippen LogP contribution >= 0.6 is 0 Å². The summed E-state index contributed by atoms with van der Waals surface area (Å²) in [5, 5.41) is 6.99. The second-order valence-electron chi connectivity index (χ2n) is 7.58. The predicted octanol–water partition coefficient (Wildman–Crippen LogP) is 4.00. The van der Waals surface area contributed by atoms with Crippen molar-refractivity contribution >= 4 is 11.7 Å². The van der Waals surface area contributed by atoms with Gasteiger partial charge in [-0.15, -0.1) is 0 Å². The molecule has 2 aromatic carbocycles. The monoisotopic (exact) mass is 438 g/mol. The van der Waals surface area contributed by atoms with Crippen LogP contribution in [0.5, 0.6) is 17.2 Å². The van der Waals surface area contributed by atoms with Crippen LogP contribution in [0.3, 0.4) is 0 Å². The standard InChI is InChI=1S/C23H26N4O5/c1-15-4-7-18(8-5-15)31-14-21-25-22(26-32-21)16-10-11-27(13-16)23(28)24-17-6-9-19(29-2)20(12-17)30-3/h4-9,12,16H,10-11,13-14H2,1-3H3,(H,24,28). The molecule has 0 radical (unpaired) electrons. The van der Waals surface area contributed by atoms with Crippen molar-refractivity contribution in [3.8, 4) is 17.2 Å². The van der Waals surface area contributed by atoms with Crippen molar-refractivity contribution < 1.29 is 23.5 Å². The van der Waals surface area contributed by atoms with Crippen LogP contribution < -0.4 is 19.5 Å². The fourth-order valence-electron chi connectivity index (χ4n) is 3.54. The van der Waals surface area contributed by atoms with Crippen LogP contribution in [0.4, 0.5) is 10.5 Å². The number of nitrogens with zero attached hydrogens (tertiary/aromatic N) is 3. The molecule has 1 fully saturated rings. The number of likely N-dealkylation sites (tertiary alicyclic amines) is 1. The normalized spacial score (nSPS) is 15.5. The van der Waals surface area contributed by atoms with Gasteiger partial charge in [-0.3, -0.25) is 0 Å². The highest BCUT2D eigenvalue weighted by atomic mass is 16.5. The fraction of sp³-hybridized carbons (Fsp3) is 0.348. The van der Waals surface area contributed by atoms with Crippen LogP contribution in [0.15, 0.2) is 47.0 Å². The summed E-state index contributed by atoms with van der Waals surface area (Å²) in [4.78, 5) is 18.9. The van der Waals surface area contributed by atoms with Crippen LogP contribution in [-0.4, -0.2) is 48.4 Å². The van der Waals surface area contributed by atoms with Gasteiger partial charge in [0, 0.05) is 30.8 Å². The lowest BCUT2D eigenvalue weighted by Gasteiger charge is -2.17. The summed E-state index contributed by atoms with van der Waals surface area (Å²) in [6, 6.07) is 12.8. The van der Waals surface area contributed by atoms with Crippen molar-refractivity contribution in [2.24, 2.45) is 0 Å². The van der Waals surface area contributed by atoms with Gasteiger partial charge in [-0.2, -0.15) is 4.98 Å². The van der Waals surface area contributed by atoms with E-state index in [1.807, 2.05) is 31.2 Å². The summed E-state index contributed by atoms with van der Waals surface area (Å²) in [5.41, 5.74) is 1.80. The molecule has 0 bridgehead atoms. The number of aromatic nitrogens is 2. The Labute approximate surface area is 186 Å². The van der Waals surface area contributed by atoms with Gasteiger partial charge in [0.15, 0.2) is 23.9 Å². The Hall–Kier alpha value is -3.75. The second kappa shape index (κ2) is 9.59. The molecule has 1 unspecified atom stereocenters. The van der Waals surface area contributed by atoms with E-state index in [1.165, 1.54) is 5.56 Å². The Balaban J connectivity index is 1.31. The number of ether oxygens (including phenoxy) is 3. The molecule has 9 nitrogen and oxygen atoms in total. The van der Waals surface area contributed by atoms with E-state index in [2.05, 4.69) is 15.5 Å². The maximum absolute atomic E-state index is 12.7. The van der Waals surface area contributed by atoms with Crippen molar-refractivity contribution in [1.29, 1.82) is 0 Å². The zero-order valence-corrected chi connectivity index (χ0v) is 18.3. The van der Waals surface area contributed by atoms with Gasteiger partial charge >= 0.3 is 6.03 Å². The van der Waals surface area contributed by atoms with Crippen LogP contribution in [0.2, 0.25) is 0 Å². The van der Waals surface area contributed by atoms with E-state index in [4.69, 9.17) is 18.7 Å². The van der Waals surface area contributed by atoms with E-state index < -0.39 is 0 Å². The third-order valence-corrected chi connectivity index (χ3v) is 5.34. The Bertz CT molecular complexity index is 1070. The minimum absolute atomic E-state index is 0.0167.